The van der Waals surface area contributed by atoms with E-state index in [2.05, 4.69) is 4.98 Å². The summed E-state index contributed by atoms with van der Waals surface area (Å²) < 4.78 is 16.7. The average Bonchev–Trinajstić information content (AvgIpc) is 3.14. The molecule has 3 aromatic rings. The number of Topliss-reactive ketones (excluding diaryl/α,β-unsaturated/α-hetero) is 2. The largest absolute Gasteiger partial charge is 0.478 e. The number of carbonyl (C=O) groups is 3. The van der Waals surface area contributed by atoms with Crippen molar-refractivity contribution in [2.75, 3.05) is 6.61 Å². The van der Waals surface area contributed by atoms with Crippen molar-refractivity contribution < 1.29 is 28.3 Å². The Bertz CT molecular complexity index is 1190. The normalized spacial score (nSPS) is 17.2. The van der Waals surface area contributed by atoms with Crippen LogP contribution in [0.4, 0.5) is 0 Å². The second-order valence-electron chi connectivity index (χ2n) is 9.16. The highest BCUT2D eigenvalue weighted by Crippen LogP contribution is 2.38. The first-order chi connectivity index (χ1) is 15.2. The molecule has 1 atom stereocenters. The van der Waals surface area contributed by atoms with Gasteiger partial charge in [0.25, 0.3) is 0 Å². The Morgan fingerprint density at radius 3 is 2.75 bits per heavy atom. The number of ketones is 2. The molecule has 1 fully saturated rings. The Morgan fingerprint density at radius 2 is 2.00 bits per heavy atom. The number of hydrogen-bond acceptors (Lipinski definition) is 7. The molecule has 0 N–H and O–H groups in total. The summed E-state index contributed by atoms with van der Waals surface area (Å²) in [5, 5.41) is 1.73. The summed E-state index contributed by atoms with van der Waals surface area (Å²) in [5.41, 5.74) is 1.73. The zero-order valence-electron chi connectivity index (χ0n) is 18.6. The maximum absolute atomic E-state index is 12.5. The van der Waals surface area contributed by atoms with Gasteiger partial charge in [-0.1, -0.05) is 0 Å². The Morgan fingerprint density at radius 1 is 1.19 bits per heavy atom. The maximum atomic E-state index is 12.5. The van der Waals surface area contributed by atoms with E-state index in [1.54, 1.807) is 12.3 Å². The Balaban J connectivity index is 1.49. The molecular formula is C25H27NO6. The molecule has 1 aliphatic rings. The van der Waals surface area contributed by atoms with Gasteiger partial charge in [0.15, 0.2) is 0 Å². The quantitative estimate of drug-likeness (QED) is 0.308. The third-order valence-electron chi connectivity index (χ3n) is 5.45. The van der Waals surface area contributed by atoms with Crippen LogP contribution in [0.2, 0.25) is 0 Å². The molecule has 0 aliphatic heterocycles. The summed E-state index contributed by atoms with van der Waals surface area (Å²) in [5.74, 6) is -0.173. The van der Waals surface area contributed by atoms with Crippen molar-refractivity contribution in [1.82, 2.24) is 4.98 Å². The summed E-state index contributed by atoms with van der Waals surface area (Å²) in [6.07, 6.45) is 3.34. The molecule has 0 unspecified atom stereocenters. The van der Waals surface area contributed by atoms with Crippen LogP contribution in [-0.4, -0.2) is 34.7 Å². The summed E-state index contributed by atoms with van der Waals surface area (Å²) in [6.45, 7) is 5.87. The lowest BCUT2D eigenvalue weighted by molar-refractivity contribution is -0.155. The van der Waals surface area contributed by atoms with Crippen LogP contribution in [0, 0.1) is 0 Å². The van der Waals surface area contributed by atoms with E-state index >= 15 is 0 Å². The molecule has 1 saturated carbocycles. The Labute approximate surface area is 186 Å². The van der Waals surface area contributed by atoms with Gasteiger partial charge in [0.2, 0.25) is 5.88 Å². The predicted molar refractivity (Wildman–Crippen MR) is 119 cm³/mol. The van der Waals surface area contributed by atoms with Gasteiger partial charge in [-0.3, -0.25) is 14.4 Å². The zero-order valence-corrected chi connectivity index (χ0v) is 18.6. The lowest BCUT2D eigenvalue weighted by Gasteiger charge is -2.19. The molecule has 0 radical (unpaired) electrons. The van der Waals surface area contributed by atoms with E-state index in [0.717, 1.165) is 21.9 Å². The first-order valence-electron chi connectivity index (χ1n) is 10.9. The molecule has 0 bridgehead atoms. The van der Waals surface area contributed by atoms with Gasteiger partial charge in [0.05, 0.1) is 24.8 Å². The summed E-state index contributed by atoms with van der Waals surface area (Å²) in [4.78, 5) is 40.5. The molecule has 168 valence electrons. The molecule has 0 amide bonds. The van der Waals surface area contributed by atoms with Crippen LogP contribution < -0.4 is 4.74 Å². The van der Waals surface area contributed by atoms with Gasteiger partial charge in [0, 0.05) is 41.2 Å². The first kappa shape index (κ1) is 22.0. The Hall–Kier alpha value is -3.22. The number of pyridine rings is 1. The molecule has 0 spiro atoms. The van der Waals surface area contributed by atoms with E-state index in [1.165, 1.54) is 0 Å². The van der Waals surface area contributed by atoms with E-state index in [9.17, 15) is 14.4 Å². The van der Waals surface area contributed by atoms with Crippen molar-refractivity contribution in [3.63, 3.8) is 0 Å². The minimum Gasteiger partial charge on any atom is -0.478 e. The summed E-state index contributed by atoms with van der Waals surface area (Å²) in [6, 6.07) is 7.37. The van der Waals surface area contributed by atoms with Crippen LogP contribution in [-0.2, 0) is 19.1 Å². The van der Waals surface area contributed by atoms with Crippen molar-refractivity contribution in [3.05, 3.63) is 36.1 Å². The van der Waals surface area contributed by atoms with Crippen molar-refractivity contribution >= 4 is 39.4 Å². The highest BCUT2D eigenvalue weighted by Gasteiger charge is 2.31. The number of esters is 1. The summed E-state index contributed by atoms with van der Waals surface area (Å²) in [7, 11) is 0. The van der Waals surface area contributed by atoms with Crippen molar-refractivity contribution in [2.45, 2.75) is 64.4 Å². The van der Waals surface area contributed by atoms with Gasteiger partial charge in [-0.2, -0.15) is 0 Å². The second-order valence-corrected chi connectivity index (χ2v) is 9.16. The maximum Gasteiger partial charge on any atom is 0.306 e. The van der Waals surface area contributed by atoms with E-state index in [0.29, 0.717) is 37.3 Å². The molecule has 7 heteroatoms. The predicted octanol–water partition coefficient (Wildman–Crippen LogP) is 4.89. The number of nitrogens with zero attached hydrogens (tertiary/aromatic N) is 1. The number of carbonyl (C=O) groups excluding carboxylic acids is 3. The van der Waals surface area contributed by atoms with Crippen LogP contribution in [0.1, 0.15) is 64.4 Å². The molecule has 2 heterocycles. The fourth-order valence-corrected chi connectivity index (χ4v) is 4.07. The van der Waals surface area contributed by atoms with E-state index in [1.807, 2.05) is 39.0 Å². The fourth-order valence-electron chi connectivity index (χ4n) is 4.07. The van der Waals surface area contributed by atoms with Gasteiger partial charge in [-0.15, -0.1) is 0 Å². The van der Waals surface area contributed by atoms with Crippen LogP contribution in [0.15, 0.2) is 34.9 Å². The smallest absolute Gasteiger partial charge is 0.306 e. The van der Waals surface area contributed by atoms with E-state index in [-0.39, 0.29) is 36.3 Å². The van der Waals surface area contributed by atoms with Crippen molar-refractivity contribution in [1.29, 1.82) is 0 Å². The molecule has 32 heavy (non-hydrogen) atoms. The number of rotatable bonds is 6. The van der Waals surface area contributed by atoms with Crippen LogP contribution in [0.3, 0.4) is 0 Å². The van der Waals surface area contributed by atoms with Gasteiger partial charge in [0.1, 0.15) is 22.8 Å². The number of aromatic nitrogens is 1. The number of furan rings is 1. The molecule has 0 saturated heterocycles. The van der Waals surface area contributed by atoms with Gasteiger partial charge < -0.3 is 13.9 Å². The van der Waals surface area contributed by atoms with Gasteiger partial charge >= 0.3 is 5.97 Å². The number of benzene rings is 1. The summed E-state index contributed by atoms with van der Waals surface area (Å²) >= 11 is 0. The van der Waals surface area contributed by atoms with Crippen molar-refractivity contribution in [2.24, 2.45) is 0 Å². The number of ether oxygens (including phenoxy) is 2. The molecule has 1 aliphatic carbocycles. The van der Waals surface area contributed by atoms with Crippen LogP contribution in [0.25, 0.3) is 21.9 Å². The SMILES string of the molecule is CC(C)(C)OC(=O)CCCOc1ccc2c(ccc3occ([C@@H]4CCC(=O)CC4=O)c32)n1. The monoisotopic (exact) mass is 437 g/mol. The molecule has 1 aromatic carbocycles. The average molecular weight is 437 g/mol. The third kappa shape index (κ3) is 4.82. The van der Waals surface area contributed by atoms with Crippen LogP contribution in [0.5, 0.6) is 5.88 Å². The highest BCUT2D eigenvalue weighted by molar-refractivity contribution is 6.10. The second kappa shape index (κ2) is 8.73. The van der Waals surface area contributed by atoms with Crippen molar-refractivity contribution in [3.8, 4) is 5.88 Å². The molecule has 7 nitrogen and oxygen atoms in total. The van der Waals surface area contributed by atoms with E-state index < -0.39 is 5.60 Å². The minimum atomic E-state index is -0.493. The standard InChI is InChI=1S/C25H27NO6/c1-25(2,3)32-23(29)5-4-12-30-22-11-8-17-19(26-22)9-10-21-24(17)18(14-31-21)16-7-6-15(27)13-20(16)28/h8-11,14,16H,4-7,12-13H2,1-3H3/t16-/m0/s1. The topological polar surface area (TPSA) is 95.7 Å². The Kier molecular flexibility index (Phi) is 6.00. The third-order valence-corrected chi connectivity index (χ3v) is 5.45. The van der Waals surface area contributed by atoms with Crippen LogP contribution >= 0.6 is 0 Å². The number of hydrogen-bond donors (Lipinski definition) is 0. The van der Waals surface area contributed by atoms with Gasteiger partial charge in [-0.25, -0.2) is 4.98 Å². The fraction of sp³-hybridized carbons (Fsp3) is 0.440. The minimum absolute atomic E-state index is 0.000894. The zero-order chi connectivity index (χ0) is 22.9. The lowest BCUT2D eigenvalue weighted by Crippen LogP contribution is -2.24. The van der Waals surface area contributed by atoms with E-state index in [4.69, 9.17) is 13.9 Å². The number of fused-ring (bicyclic) bond motifs is 3. The molecule has 4 rings (SSSR count). The molecular weight excluding hydrogens is 410 g/mol. The van der Waals surface area contributed by atoms with Gasteiger partial charge in [-0.05, 0) is 51.8 Å². The highest BCUT2D eigenvalue weighted by atomic mass is 16.6. The molecule has 2 aromatic heterocycles. The lowest BCUT2D eigenvalue weighted by atomic mass is 9.82. The first-order valence-corrected chi connectivity index (χ1v) is 10.9.